The molecule has 0 saturated carbocycles. The van der Waals surface area contributed by atoms with E-state index in [4.69, 9.17) is 39.5 Å². The van der Waals surface area contributed by atoms with Crippen molar-refractivity contribution in [3.63, 3.8) is 0 Å². The highest BCUT2D eigenvalue weighted by Gasteiger charge is 2.48. The van der Waals surface area contributed by atoms with Gasteiger partial charge >= 0.3 is 6.18 Å². The zero-order valence-corrected chi connectivity index (χ0v) is 17.7. The number of benzene rings is 3. The van der Waals surface area contributed by atoms with Crippen LogP contribution >= 0.6 is 34.8 Å². The summed E-state index contributed by atoms with van der Waals surface area (Å²) >= 11 is 18.0. The molecule has 1 nitrogen and oxygen atoms in total. The first-order valence-corrected chi connectivity index (χ1v) is 10.1. The van der Waals surface area contributed by atoms with E-state index in [1.807, 2.05) is 0 Å². The summed E-state index contributed by atoms with van der Waals surface area (Å²) in [6.07, 6.45) is -6.68. The van der Waals surface area contributed by atoms with Gasteiger partial charge in [-0.15, -0.1) is 0 Å². The molecule has 1 atom stereocenters. The molecule has 0 bridgehead atoms. The zero-order valence-electron chi connectivity index (χ0n) is 15.4. The van der Waals surface area contributed by atoms with E-state index in [-0.39, 0.29) is 37.8 Å². The molecular weight excluding hydrogens is 482 g/mol. The number of rotatable bonds is 3. The van der Waals surface area contributed by atoms with E-state index < -0.39 is 23.8 Å². The molecule has 0 N–H and O–H groups in total. The predicted octanol–water partition coefficient (Wildman–Crippen LogP) is 8.74. The van der Waals surface area contributed by atoms with Gasteiger partial charge in [-0.3, -0.25) is 0 Å². The molecule has 0 radical (unpaired) electrons. The van der Waals surface area contributed by atoms with Crippen LogP contribution in [0.1, 0.15) is 23.1 Å². The molecule has 162 valence electrons. The summed E-state index contributed by atoms with van der Waals surface area (Å²) in [6.45, 7) is 0. The topological polar surface area (TPSA) is 9.23 Å². The lowest BCUT2D eigenvalue weighted by molar-refractivity contribution is -0.136. The molecule has 9 heteroatoms. The Morgan fingerprint density at radius 2 is 1.52 bits per heavy atom. The van der Waals surface area contributed by atoms with Crippen molar-refractivity contribution in [3.8, 4) is 0 Å². The van der Waals surface area contributed by atoms with Crippen LogP contribution in [0.25, 0.3) is 16.3 Å². The van der Waals surface area contributed by atoms with Gasteiger partial charge in [-0.05, 0) is 40.1 Å². The highest BCUT2D eigenvalue weighted by atomic mass is 35.5. The van der Waals surface area contributed by atoms with Crippen LogP contribution in [0.4, 0.5) is 22.0 Å². The van der Waals surface area contributed by atoms with Gasteiger partial charge in [0.15, 0.2) is 5.60 Å². The van der Waals surface area contributed by atoms with Gasteiger partial charge in [0.25, 0.3) is 6.43 Å². The standard InChI is InChI=1S/C22H12Cl3F5O/c23-17-7-12(8-18(24)19(17)25)21(20(26)27)9-11(10-31-21)13-5-6-16(22(28,29)30)15-4-2-1-3-14(13)15/h1-8,10,20H,9H2. The van der Waals surface area contributed by atoms with Gasteiger partial charge in [0.05, 0.1) is 26.9 Å². The molecule has 0 fully saturated rings. The van der Waals surface area contributed by atoms with Crippen LogP contribution in [0, 0.1) is 0 Å². The summed E-state index contributed by atoms with van der Waals surface area (Å²) < 4.78 is 74.2. The maximum absolute atomic E-state index is 14.2. The van der Waals surface area contributed by atoms with Crippen molar-refractivity contribution in [2.45, 2.75) is 24.6 Å². The third-order valence-corrected chi connectivity index (χ3v) is 6.46. The van der Waals surface area contributed by atoms with E-state index >= 15 is 0 Å². The van der Waals surface area contributed by atoms with Crippen LogP contribution in [0.3, 0.4) is 0 Å². The van der Waals surface area contributed by atoms with Crippen LogP contribution in [-0.4, -0.2) is 6.43 Å². The molecule has 3 aromatic carbocycles. The Hall–Kier alpha value is -2.02. The van der Waals surface area contributed by atoms with Crippen molar-refractivity contribution >= 4 is 51.1 Å². The molecule has 0 aromatic heterocycles. The number of hydrogen-bond acceptors (Lipinski definition) is 1. The summed E-state index contributed by atoms with van der Waals surface area (Å²) in [5, 5.41) is 0.254. The monoisotopic (exact) mass is 492 g/mol. The second-order valence-electron chi connectivity index (χ2n) is 7.09. The molecule has 0 amide bonds. The fourth-order valence-corrected chi connectivity index (χ4v) is 4.35. The normalized spacial score (nSPS) is 19.1. The van der Waals surface area contributed by atoms with E-state index in [1.54, 1.807) is 6.07 Å². The van der Waals surface area contributed by atoms with Gasteiger partial charge in [0.2, 0.25) is 0 Å². The highest BCUT2D eigenvalue weighted by molar-refractivity contribution is 6.48. The zero-order chi connectivity index (χ0) is 22.6. The molecule has 0 aliphatic carbocycles. The first kappa shape index (κ1) is 22.2. The SMILES string of the molecule is FC(F)C1(c2cc(Cl)c(Cl)c(Cl)c2)CC(c2ccc(C(F)(F)F)c3ccccc23)=CO1. The van der Waals surface area contributed by atoms with Gasteiger partial charge in [0.1, 0.15) is 0 Å². The first-order chi connectivity index (χ1) is 14.5. The predicted molar refractivity (Wildman–Crippen MR) is 112 cm³/mol. The molecule has 1 aliphatic heterocycles. The average molecular weight is 494 g/mol. The van der Waals surface area contributed by atoms with Crippen molar-refractivity contribution in [2.24, 2.45) is 0 Å². The summed E-state index contributed by atoms with van der Waals surface area (Å²) in [5.41, 5.74) is -2.19. The summed E-state index contributed by atoms with van der Waals surface area (Å²) in [7, 11) is 0. The Balaban J connectivity index is 1.81. The van der Waals surface area contributed by atoms with Crippen molar-refractivity contribution in [1.82, 2.24) is 0 Å². The number of alkyl halides is 5. The van der Waals surface area contributed by atoms with Crippen molar-refractivity contribution < 1.29 is 26.7 Å². The van der Waals surface area contributed by atoms with E-state index in [1.165, 1.54) is 36.4 Å². The number of ether oxygens (including phenoxy) is 1. The van der Waals surface area contributed by atoms with Gasteiger partial charge in [-0.25, -0.2) is 8.78 Å². The first-order valence-electron chi connectivity index (χ1n) is 8.94. The van der Waals surface area contributed by atoms with Crippen molar-refractivity contribution in [3.05, 3.63) is 86.6 Å². The number of hydrogen-bond donors (Lipinski definition) is 0. The molecule has 0 spiro atoms. The Morgan fingerprint density at radius 3 is 2.10 bits per heavy atom. The minimum atomic E-state index is -4.55. The van der Waals surface area contributed by atoms with Crippen LogP contribution in [-0.2, 0) is 16.5 Å². The average Bonchev–Trinajstić information content (AvgIpc) is 3.16. The quantitative estimate of drug-likeness (QED) is 0.262. The lowest BCUT2D eigenvalue weighted by Gasteiger charge is -2.29. The third kappa shape index (κ3) is 3.75. The lowest BCUT2D eigenvalue weighted by atomic mass is 9.85. The Bertz CT molecular complexity index is 1180. The van der Waals surface area contributed by atoms with Crippen LogP contribution in [0.5, 0.6) is 0 Å². The van der Waals surface area contributed by atoms with E-state index in [9.17, 15) is 22.0 Å². The maximum atomic E-state index is 14.2. The largest absolute Gasteiger partial charge is 0.483 e. The van der Waals surface area contributed by atoms with Gasteiger partial charge in [-0.2, -0.15) is 13.2 Å². The maximum Gasteiger partial charge on any atom is 0.417 e. The molecule has 31 heavy (non-hydrogen) atoms. The minimum Gasteiger partial charge on any atom is -0.483 e. The van der Waals surface area contributed by atoms with Crippen LogP contribution in [0.2, 0.25) is 15.1 Å². The number of fused-ring (bicyclic) bond motifs is 1. The number of halogens is 8. The van der Waals surface area contributed by atoms with Crippen LogP contribution in [0.15, 0.2) is 54.8 Å². The minimum absolute atomic E-state index is 0.0128. The van der Waals surface area contributed by atoms with Gasteiger partial charge < -0.3 is 4.74 Å². The van der Waals surface area contributed by atoms with Crippen molar-refractivity contribution in [2.75, 3.05) is 0 Å². The summed E-state index contributed by atoms with van der Waals surface area (Å²) in [6, 6.07) is 10.6. The van der Waals surface area contributed by atoms with Crippen molar-refractivity contribution in [1.29, 1.82) is 0 Å². The van der Waals surface area contributed by atoms with E-state index in [0.29, 0.717) is 11.1 Å². The molecule has 3 aromatic rings. The Labute approximate surface area is 189 Å². The highest BCUT2D eigenvalue weighted by Crippen LogP contribution is 2.49. The molecule has 1 aliphatic rings. The third-order valence-electron chi connectivity index (χ3n) is 5.26. The van der Waals surface area contributed by atoms with E-state index in [0.717, 1.165) is 12.3 Å². The lowest BCUT2D eigenvalue weighted by Crippen LogP contribution is -2.34. The molecular formula is C22H12Cl3F5O. The molecule has 4 rings (SSSR count). The van der Waals surface area contributed by atoms with Crippen LogP contribution < -0.4 is 0 Å². The fourth-order valence-electron chi connectivity index (χ4n) is 3.75. The summed E-state index contributed by atoms with van der Waals surface area (Å²) in [5.74, 6) is 0. The van der Waals surface area contributed by atoms with Gasteiger partial charge in [-0.1, -0.05) is 65.1 Å². The molecule has 0 saturated heterocycles. The Kier molecular flexibility index (Phi) is 5.61. The van der Waals surface area contributed by atoms with E-state index in [2.05, 4.69) is 0 Å². The molecule has 1 unspecified atom stereocenters. The molecule has 1 heterocycles. The van der Waals surface area contributed by atoms with Gasteiger partial charge in [0, 0.05) is 12.0 Å². The Morgan fingerprint density at radius 1 is 0.903 bits per heavy atom. The fraction of sp³-hybridized carbons (Fsp3) is 0.182. The second-order valence-corrected chi connectivity index (χ2v) is 8.28. The smallest absolute Gasteiger partial charge is 0.417 e. The summed E-state index contributed by atoms with van der Waals surface area (Å²) in [4.78, 5) is 0. The second kappa shape index (κ2) is 7.84.